The van der Waals surface area contributed by atoms with Gasteiger partial charge in [0.05, 0.1) is 31.9 Å². The third-order valence-corrected chi connectivity index (χ3v) is 5.15. The van der Waals surface area contributed by atoms with Gasteiger partial charge in [-0.2, -0.15) is 0 Å². The van der Waals surface area contributed by atoms with Crippen LogP contribution in [0.2, 0.25) is 0 Å². The maximum absolute atomic E-state index is 12.9. The zero-order valence-corrected chi connectivity index (χ0v) is 16.1. The van der Waals surface area contributed by atoms with Crippen molar-refractivity contribution in [3.63, 3.8) is 0 Å². The largest absolute Gasteiger partial charge is 0.497 e. The van der Waals surface area contributed by atoms with E-state index in [0.29, 0.717) is 32.2 Å². The van der Waals surface area contributed by atoms with Crippen molar-refractivity contribution in [2.75, 3.05) is 26.2 Å². The Morgan fingerprint density at radius 1 is 1.00 bits per heavy atom. The smallest absolute Gasteiger partial charge is 0.270 e. The first kappa shape index (κ1) is 18.3. The topological polar surface area (TPSA) is 48.0 Å². The fourth-order valence-electron chi connectivity index (χ4n) is 2.57. The predicted octanol–water partition coefficient (Wildman–Crippen LogP) is 4.12. The molecule has 0 N–H and O–H groups in total. The van der Waals surface area contributed by atoms with Crippen LogP contribution in [0.25, 0.3) is 6.08 Å². The van der Waals surface area contributed by atoms with E-state index >= 15 is 0 Å². The number of thiocarbonyl (C=S) groups is 1. The Balaban J connectivity index is 1.98. The van der Waals surface area contributed by atoms with Gasteiger partial charge in [-0.1, -0.05) is 36.1 Å². The summed E-state index contributed by atoms with van der Waals surface area (Å²) in [7, 11) is 4.73. The Kier molecular flexibility index (Phi) is 5.49. The van der Waals surface area contributed by atoms with Gasteiger partial charge in [-0.05, 0) is 30.3 Å². The van der Waals surface area contributed by atoms with E-state index in [9.17, 15) is 4.79 Å². The number of benzene rings is 2. The Morgan fingerprint density at radius 3 is 2.42 bits per heavy atom. The lowest BCUT2D eigenvalue weighted by Gasteiger charge is -2.17. The van der Waals surface area contributed by atoms with Crippen molar-refractivity contribution in [3.8, 4) is 17.2 Å². The van der Waals surface area contributed by atoms with Gasteiger partial charge in [-0.25, -0.2) is 0 Å². The van der Waals surface area contributed by atoms with E-state index in [1.54, 1.807) is 45.6 Å². The molecule has 1 amide bonds. The van der Waals surface area contributed by atoms with Crippen LogP contribution < -0.4 is 19.1 Å². The summed E-state index contributed by atoms with van der Waals surface area (Å²) in [6, 6.07) is 12.7. The molecule has 1 aliphatic heterocycles. The Hall–Kier alpha value is -2.51. The molecule has 0 atom stereocenters. The Labute approximate surface area is 161 Å². The molecule has 1 saturated heterocycles. The van der Waals surface area contributed by atoms with Crippen molar-refractivity contribution >= 4 is 46.0 Å². The highest BCUT2D eigenvalue weighted by molar-refractivity contribution is 8.27. The van der Waals surface area contributed by atoms with Crippen molar-refractivity contribution in [2.45, 2.75) is 0 Å². The fraction of sp³-hybridized carbons (Fsp3) is 0.158. The molecule has 7 heteroatoms. The molecule has 0 bridgehead atoms. The number of carbonyl (C=O) groups is 1. The van der Waals surface area contributed by atoms with Crippen molar-refractivity contribution in [1.82, 2.24) is 0 Å². The quantitative estimate of drug-likeness (QED) is 0.568. The van der Waals surface area contributed by atoms with Gasteiger partial charge in [0.25, 0.3) is 5.91 Å². The lowest BCUT2D eigenvalue weighted by molar-refractivity contribution is -0.113. The van der Waals surface area contributed by atoms with Gasteiger partial charge in [0, 0.05) is 11.6 Å². The standard InChI is InChI=1S/C19H17NO4S2/c1-22-13-9-8-12(16(11-13)24-3)10-17-18(21)20(19(25)26-17)14-6-4-5-7-15(14)23-2/h4-11H,1-3H3/b17-10+. The average Bonchev–Trinajstić information content (AvgIpc) is 2.95. The van der Waals surface area contributed by atoms with E-state index in [1.807, 2.05) is 24.3 Å². The number of thioether (sulfide) groups is 1. The zero-order valence-electron chi connectivity index (χ0n) is 14.5. The highest BCUT2D eigenvalue weighted by Gasteiger charge is 2.35. The highest BCUT2D eigenvalue weighted by Crippen LogP contribution is 2.40. The summed E-state index contributed by atoms with van der Waals surface area (Å²) in [5.41, 5.74) is 1.40. The first-order valence-electron chi connectivity index (χ1n) is 7.72. The fourth-order valence-corrected chi connectivity index (χ4v) is 3.84. The van der Waals surface area contributed by atoms with Crippen molar-refractivity contribution in [3.05, 3.63) is 52.9 Å². The molecule has 5 nitrogen and oxygen atoms in total. The number of anilines is 1. The monoisotopic (exact) mass is 387 g/mol. The maximum Gasteiger partial charge on any atom is 0.270 e. The number of nitrogens with zero attached hydrogens (tertiary/aromatic N) is 1. The molecule has 1 heterocycles. The van der Waals surface area contributed by atoms with Crippen LogP contribution in [0.5, 0.6) is 17.2 Å². The molecule has 2 aromatic carbocycles. The maximum atomic E-state index is 12.9. The van der Waals surface area contributed by atoms with Gasteiger partial charge in [-0.15, -0.1) is 0 Å². The Bertz CT molecular complexity index is 895. The molecule has 0 saturated carbocycles. The summed E-state index contributed by atoms with van der Waals surface area (Å²) >= 11 is 6.67. The van der Waals surface area contributed by atoms with E-state index < -0.39 is 0 Å². The second-order valence-corrected chi connectivity index (χ2v) is 6.97. The van der Waals surface area contributed by atoms with E-state index in [-0.39, 0.29) is 5.91 Å². The van der Waals surface area contributed by atoms with Crippen LogP contribution >= 0.6 is 24.0 Å². The molecule has 1 fully saturated rings. The number of para-hydroxylation sites is 2. The lowest BCUT2D eigenvalue weighted by atomic mass is 10.1. The van der Waals surface area contributed by atoms with Gasteiger partial charge < -0.3 is 14.2 Å². The van der Waals surface area contributed by atoms with Gasteiger partial charge in [0.15, 0.2) is 4.32 Å². The molecule has 0 spiro atoms. The first-order valence-corrected chi connectivity index (χ1v) is 8.94. The summed E-state index contributed by atoms with van der Waals surface area (Å²) < 4.78 is 16.4. The van der Waals surface area contributed by atoms with Crippen molar-refractivity contribution in [2.24, 2.45) is 0 Å². The minimum Gasteiger partial charge on any atom is -0.497 e. The molecule has 26 heavy (non-hydrogen) atoms. The molecular weight excluding hydrogens is 370 g/mol. The second kappa shape index (κ2) is 7.80. The number of rotatable bonds is 5. The summed E-state index contributed by atoms with van der Waals surface area (Å²) in [4.78, 5) is 14.9. The minimum absolute atomic E-state index is 0.192. The minimum atomic E-state index is -0.192. The average molecular weight is 387 g/mol. The van der Waals surface area contributed by atoms with Crippen molar-refractivity contribution < 1.29 is 19.0 Å². The normalized spacial score (nSPS) is 15.5. The number of amides is 1. The highest BCUT2D eigenvalue weighted by atomic mass is 32.2. The molecule has 1 aliphatic rings. The van der Waals surface area contributed by atoms with E-state index in [4.69, 9.17) is 26.4 Å². The van der Waals surface area contributed by atoms with Gasteiger partial charge in [0.1, 0.15) is 17.2 Å². The summed E-state index contributed by atoms with van der Waals surface area (Å²) in [5.74, 6) is 1.70. The number of hydrogen-bond donors (Lipinski definition) is 0. The molecular formula is C19H17NO4S2. The van der Waals surface area contributed by atoms with Gasteiger partial charge >= 0.3 is 0 Å². The summed E-state index contributed by atoms with van der Waals surface area (Å²) in [6.45, 7) is 0. The van der Waals surface area contributed by atoms with E-state index in [1.165, 1.54) is 16.7 Å². The first-order chi connectivity index (χ1) is 12.6. The second-order valence-electron chi connectivity index (χ2n) is 5.30. The Morgan fingerprint density at radius 2 is 1.73 bits per heavy atom. The summed E-state index contributed by atoms with van der Waals surface area (Å²) in [6.07, 6.45) is 1.77. The third-order valence-electron chi connectivity index (χ3n) is 3.85. The number of carbonyl (C=O) groups excluding carboxylic acids is 1. The van der Waals surface area contributed by atoms with Crippen LogP contribution in [0.15, 0.2) is 47.4 Å². The van der Waals surface area contributed by atoms with Crippen LogP contribution in [-0.4, -0.2) is 31.6 Å². The zero-order chi connectivity index (χ0) is 18.7. The van der Waals surface area contributed by atoms with E-state index in [0.717, 1.165) is 5.56 Å². The van der Waals surface area contributed by atoms with E-state index in [2.05, 4.69) is 0 Å². The van der Waals surface area contributed by atoms with Crippen LogP contribution in [0, 0.1) is 0 Å². The van der Waals surface area contributed by atoms with Crippen LogP contribution in [0.4, 0.5) is 5.69 Å². The molecule has 2 aromatic rings. The molecule has 134 valence electrons. The van der Waals surface area contributed by atoms with Gasteiger partial charge in [-0.3, -0.25) is 9.69 Å². The SMILES string of the molecule is COc1ccc(/C=C2/SC(=S)N(c3ccccc3OC)C2=O)c(OC)c1. The molecule has 0 unspecified atom stereocenters. The summed E-state index contributed by atoms with van der Waals surface area (Å²) in [5, 5.41) is 0. The lowest BCUT2D eigenvalue weighted by Crippen LogP contribution is -2.27. The third kappa shape index (κ3) is 3.40. The van der Waals surface area contributed by atoms with Gasteiger partial charge in [0.2, 0.25) is 0 Å². The molecule has 0 aliphatic carbocycles. The number of ether oxygens (including phenoxy) is 3. The number of hydrogen-bond acceptors (Lipinski definition) is 6. The van der Waals surface area contributed by atoms with Crippen LogP contribution in [0.3, 0.4) is 0 Å². The van der Waals surface area contributed by atoms with Crippen LogP contribution in [-0.2, 0) is 4.79 Å². The predicted molar refractivity (Wildman–Crippen MR) is 108 cm³/mol. The van der Waals surface area contributed by atoms with Crippen molar-refractivity contribution in [1.29, 1.82) is 0 Å². The number of methoxy groups -OCH3 is 3. The molecule has 0 aromatic heterocycles. The molecule has 3 rings (SSSR count). The molecule has 0 radical (unpaired) electrons. The van der Waals surface area contributed by atoms with Crippen LogP contribution in [0.1, 0.15) is 5.56 Å².